The Labute approximate surface area is 131 Å². The van der Waals surface area contributed by atoms with Gasteiger partial charge >= 0.3 is 0 Å². The number of pyridine rings is 1. The summed E-state index contributed by atoms with van der Waals surface area (Å²) >= 11 is 1.88. The highest BCUT2D eigenvalue weighted by atomic mass is 32.1. The number of nitrogens with zero attached hydrogens (tertiary/aromatic N) is 2. The Hall–Kier alpha value is -1.39. The van der Waals surface area contributed by atoms with Gasteiger partial charge in [-0.1, -0.05) is 6.92 Å². The van der Waals surface area contributed by atoms with Gasteiger partial charge in [0.15, 0.2) is 0 Å². The number of hydrogen-bond donors (Lipinski definition) is 1. The highest BCUT2D eigenvalue weighted by Gasteiger charge is 2.25. The summed E-state index contributed by atoms with van der Waals surface area (Å²) in [4.78, 5) is 8.58. The predicted octanol–water partition coefficient (Wildman–Crippen LogP) is 3.94. The molecule has 0 bridgehead atoms. The molecular weight excluding hydrogens is 278 g/mol. The number of fused-ring (bicyclic) bond motifs is 1. The first-order valence-electron chi connectivity index (χ1n) is 7.73. The number of rotatable bonds is 4. The molecular formula is C17H23N3S. The van der Waals surface area contributed by atoms with Crippen LogP contribution in [0.2, 0.25) is 0 Å². The van der Waals surface area contributed by atoms with Crippen molar-refractivity contribution in [1.82, 2.24) is 10.3 Å². The number of thiophene rings is 1. The Morgan fingerprint density at radius 3 is 3.14 bits per heavy atom. The van der Waals surface area contributed by atoms with Crippen molar-refractivity contribution in [3.05, 3.63) is 45.8 Å². The first-order valence-corrected chi connectivity index (χ1v) is 8.61. The third kappa shape index (κ3) is 2.83. The van der Waals surface area contributed by atoms with Gasteiger partial charge in [-0.15, -0.1) is 11.3 Å². The van der Waals surface area contributed by atoms with Gasteiger partial charge in [-0.3, -0.25) is 0 Å². The van der Waals surface area contributed by atoms with Crippen LogP contribution in [0.15, 0.2) is 29.8 Å². The molecule has 1 N–H and O–H groups in total. The lowest BCUT2D eigenvalue weighted by molar-refractivity contribution is 0.593. The molecule has 1 aliphatic heterocycles. The highest BCUT2D eigenvalue weighted by molar-refractivity contribution is 7.10. The number of anilines is 1. The topological polar surface area (TPSA) is 28.2 Å². The summed E-state index contributed by atoms with van der Waals surface area (Å²) in [5, 5.41) is 5.68. The number of hydrogen-bond acceptors (Lipinski definition) is 4. The minimum Gasteiger partial charge on any atom is -0.349 e. The first-order chi connectivity index (χ1) is 10.2. The average molecular weight is 301 g/mol. The molecule has 0 saturated heterocycles. The van der Waals surface area contributed by atoms with Crippen LogP contribution in [0.25, 0.3) is 0 Å². The molecule has 3 nitrogen and oxygen atoms in total. The highest BCUT2D eigenvalue weighted by Crippen LogP contribution is 2.35. The van der Waals surface area contributed by atoms with Gasteiger partial charge in [0.2, 0.25) is 0 Å². The third-order valence-electron chi connectivity index (χ3n) is 4.35. The maximum absolute atomic E-state index is 4.61. The molecule has 3 heterocycles. The van der Waals surface area contributed by atoms with Crippen LogP contribution in [0.5, 0.6) is 0 Å². The molecule has 0 amide bonds. The lowest BCUT2D eigenvalue weighted by Crippen LogP contribution is -2.33. The molecule has 0 fully saturated rings. The summed E-state index contributed by atoms with van der Waals surface area (Å²) in [6.45, 7) is 8.67. The molecule has 2 unspecified atom stereocenters. The Morgan fingerprint density at radius 1 is 1.48 bits per heavy atom. The first kappa shape index (κ1) is 14.5. The zero-order chi connectivity index (χ0) is 14.8. The van der Waals surface area contributed by atoms with Crippen LogP contribution in [-0.2, 0) is 6.42 Å². The molecule has 2 atom stereocenters. The molecule has 2 aromatic rings. The maximum Gasteiger partial charge on any atom is 0.129 e. The van der Waals surface area contributed by atoms with Crippen LogP contribution in [0.4, 0.5) is 5.82 Å². The van der Waals surface area contributed by atoms with E-state index in [4.69, 9.17) is 0 Å². The normalized spacial score (nSPS) is 19.4. The molecule has 2 aromatic heterocycles. The molecule has 21 heavy (non-hydrogen) atoms. The zero-order valence-electron chi connectivity index (χ0n) is 13.0. The van der Waals surface area contributed by atoms with E-state index in [0.717, 1.165) is 25.3 Å². The van der Waals surface area contributed by atoms with Crippen molar-refractivity contribution in [2.75, 3.05) is 18.0 Å². The van der Waals surface area contributed by atoms with Crippen molar-refractivity contribution in [3.8, 4) is 0 Å². The van der Waals surface area contributed by atoms with E-state index in [1.165, 1.54) is 16.0 Å². The van der Waals surface area contributed by atoms with E-state index in [1.807, 2.05) is 17.5 Å². The van der Waals surface area contributed by atoms with Crippen molar-refractivity contribution in [2.45, 2.75) is 39.3 Å². The molecule has 0 aromatic carbocycles. The third-order valence-corrected chi connectivity index (χ3v) is 5.35. The monoisotopic (exact) mass is 301 g/mol. The van der Waals surface area contributed by atoms with Gasteiger partial charge in [0.25, 0.3) is 0 Å². The summed E-state index contributed by atoms with van der Waals surface area (Å²) < 4.78 is 0. The Bertz CT molecular complexity index is 608. The average Bonchev–Trinajstić information content (AvgIpc) is 2.97. The van der Waals surface area contributed by atoms with E-state index >= 15 is 0 Å². The van der Waals surface area contributed by atoms with Crippen LogP contribution in [0, 0.1) is 0 Å². The molecule has 0 radical (unpaired) electrons. The largest absolute Gasteiger partial charge is 0.349 e. The molecule has 1 aliphatic rings. The van der Waals surface area contributed by atoms with E-state index < -0.39 is 0 Å². The fourth-order valence-electron chi connectivity index (χ4n) is 3.11. The van der Waals surface area contributed by atoms with Crippen molar-refractivity contribution in [3.63, 3.8) is 0 Å². The molecule has 3 rings (SSSR count). The van der Waals surface area contributed by atoms with Gasteiger partial charge in [0.1, 0.15) is 5.82 Å². The van der Waals surface area contributed by atoms with E-state index in [9.17, 15) is 0 Å². The van der Waals surface area contributed by atoms with E-state index in [0.29, 0.717) is 12.1 Å². The lowest BCUT2D eigenvalue weighted by Gasteiger charge is -2.35. The number of aromatic nitrogens is 1. The van der Waals surface area contributed by atoms with Gasteiger partial charge in [0, 0.05) is 23.7 Å². The quantitative estimate of drug-likeness (QED) is 0.927. The molecule has 0 aliphatic carbocycles. The van der Waals surface area contributed by atoms with Gasteiger partial charge in [-0.2, -0.15) is 0 Å². The van der Waals surface area contributed by atoms with Crippen molar-refractivity contribution < 1.29 is 0 Å². The Balaban J connectivity index is 1.86. The van der Waals surface area contributed by atoms with Crippen LogP contribution < -0.4 is 10.2 Å². The van der Waals surface area contributed by atoms with Crippen LogP contribution in [-0.4, -0.2) is 18.1 Å². The molecule has 112 valence electrons. The van der Waals surface area contributed by atoms with E-state index in [1.54, 1.807) is 0 Å². The summed E-state index contributed by atoms with van der Waals surface area (Å²) in [7, 11) is 0. The van der Waals surface area contributed by atoms with Crippen LogP contribution in [0.3, 0.4) is 0 Å². The van der Waals surface area contributed by atoms with E-state index in [-0.39, 0.29) is 0 Å². The number of nitrogens with one attached hydrogen (secondary N) is 1. The van der Waals surface area contributed by atoms with Crippen LogP contribution in [0.1, 0.15) is 48.9 Å². The van der Waals surface area contributed by atoms with Crippen molar-refractivity contribution >= 4 is 17.2 Å². The lowest BCUT2D eigenvalue weighted by atomic mass is 10.0. The van der Waals surface area contributed by atoms with Gasteiger partial charge in [-0.05, 0) is 61.5 Å². The summed E-state index contributed by atoms with van der Waals surface area (Å²) in [6.07, 6.45) is 3.07. The van der Waals surface area contributed by atoms with Gasteiger partial charge < -0.3 is 10.2 Å². The van der Waals surface area contributed by atoms with E-state index in [2.05, 4.69) is 59.6 Å². The summed E-state index contributed by atoms with van der Waals surface area (Å²) in [6, 6.07) is 7.40. The SMILES string of the molecule is CCNC(C)c1ccnc(N2CCc3sccc3C2C)c1. The molecule has 0 saturated carbocycles. The zero-order valence-corrected chi connectivity index (χ0v) is 13.8. The summed E-state index contributed by atoms with van der Waals surface area (Å²) in [5.74, 6) is 1.10. The summed E-state index contributed by atoms with van der Waals surface area (Å²) in [5.41, 5.74) is 2.78. The molecule has 4 heteroatoms. The molecule has 0 spiro atoms. The second-order valence-electron chi connectivity index (χ2n) is 5.65. The maximum atomic E-state index is 4.61. The predicted molar refractivity (Wildman–Crippen MR) is 90.1 cm³/mol. The Morgan fingerprint density at radius 2 is 2.33 bits per heavy atom. The van der Waals surface area contributed by atoms with Gasteiger partial charge in [0.05, 0.1) is 6.04 Å². The second-order valence-corrected chi connectivity index (χ2v) is 6.65. The second kappa shape index (κ2) is 6.16. The van der Waals surface area contributed by atoms with Gasteiger partial charge in [-0.25, -0.2) is 4.98 Å². The van der Waals surface area contributed by atoms with Crippen molar-refractivity contribution in [1.29, 1.82) is 0 Å². The fourth-order valence-corrected chi connectivity index (χ4v) is 4.07. The van der Waals surface area contributed by atoms with Crippen LogP contribution >= 0.6 is 11.3 Å². The standard InChI is InChI=1S/C17H23N3S/c1-4-18-12(2)14-5-8-19-17(11-14)20-9-6-16-15(13(20)3)7-10-21-16/h5,7-8,10-13,18H,4,6,9H2,1-3H3. The minimum atomic E-state index is 0.369. The van der Waals surface area contributed by atoms with Crippen molar-refractivity contribution in [2.24, 2.45) is 0 Å². The Kier molecular flexibility index (Phi) is 4.27. The smallest absolute Gasteiger partial charge is 0.129 e. The fraction of sp³-hybridized carbons (Fsp3) is 0.471. The minimum absolute atomic E-state index is 0.369.